The number of amides is 2. The van der Waals surface area contributed by atoms with Gasteiger partial charge in [0.15, 0.2) is 0 Å². The van der Waals surface area contributed by atoms with Crippen LogP contribution in [0.4, 0.5) is 4.79 Å². The highest BCUT2D eigenvalue weighted by Crippen LogP contribution is 2.25. The van der Waals surface area contributed by atoms with Gasteiger partial charge >= 0.3 is 6.03 Å². The molecular weight excluding hydrogens is 148 g/mol. The molecule has 0 aromatic carbocycles. The molecule has 4 heteroatoms. The van der Waals surface area contributed by atoms with Crippen molar-refractivity contribution in [2.45, 2.75) is 11.3 Å². The Morgan fingerprint density at radius 2 is 2.60 bits per heavy atom. The van der Waals surface area contributed by atoms with E-state index in [0.717, 1.165) is 6.54 Å². The van der Waals surface area contributed by atoms with Crippen LogP contribution in [0.1, 0.15) is 0 Å². The van der Waals surface area contributed by atoms with Gasteiger partial charge < -0.3 is 10.6 Å². The molecule has 0 aromatic rings. The highest BCUT2D eigenvalue weighted by atomic mass is 32.2. The first-order valence-electron chi connectivity index (χ1n) is 3.23. The van der Waals surface area contributed by atoms with Crippen LogP contribution in [-0.4, -0.2) is 23.9 Å². The maximum atomic E-state index is 10.7. The van der Waals surface area contributed by atoms with Crippen LogP contribution in [0.2, 0.25) is 0 Å². The summed E-state index contributed by atoms with van der Waals surface area (Å²) < 4.78 is 0. The lowest BCUT2D eigenvalue weighted by molar-refractivity contribution is 0.233. The number of carbonyl (C=O) groups excluding carboxylic acids is 1. The van der Waals surface area contributed by atoms with Gasteiger partial charge in [0, 0.05) is 6.54 Å². The summed E-state index contributed by atoms with van der Waals surface area (Å²) >= 11 is 1.77. The monoisotopic (exact) mass is 156 g/mol. The minimum atomic E-state index is -0.0478. The second kappa shape index (κ2) is 2.20. The Balaban J connectivity index is 2.08. The number of rotatable bonds is 0. The molecule has 2 amide bonds. The van der Waals surface area contributed by atoms with Gasteiger partial charge in [-0.1, -0.05) is 6.08 Å². The normalized spacial score (nSPS) is 36.6. The third kappa shape index (κ3) is 0.883. The molecule has 0 bridgehead atoms. The van der Waals surface area contributed by atoms with E-state index in [1.807, 2.05) is 11.5 Å². The van der Waals surface area contributed by atoms with Crippen LogP contribution in [0.5, 0.6) is 0 Å². The van der Waals surface area contributed by atoms with Gasteiger partial charge in [0.1, 0.15) is 0 Å². The van der Waals surface area contributed by atoms with E-state index in [2.05, 4.69) is 10.6 Å². The minimum absolute atomic E-state index is 0.0478. The van der Waals surface area contributed by atoms with Crippen molar-refractivity contribution < 1.29 is 4.79 Å². The molecule has 0 saturated carbocycles. The second-order valence-corrected chi connectivity index (χ2v) is 3.53. The molecule has 0 spiro atoms. The van der Waals surface area contributed by atoms with Crippen LogP contribution in [0.15, 0.2) is 11.5 Å². The number of carbonyl (C=O) groups is 1. The highest BCUT2D eigenvalue weighted by Gasteiger charge is 2.29. The predicted octanol–water partition coefficient (Wildman–Crippen LogP) is 0.297. The summed E-state index contributed by atoms with van der Waals surface area (Å²) in [4.78, 5) is 10.7. The third-order valence-corrected chi connectivity index (χ3v) is 2.83. The van der Waals surface area contributed by atoms with Crippen molar-refractivity contribution in [1.29, 1.82) is 0 Å². The first kappa shape index (κ1) is 6.09. The number of nitrogens with one attached hydrogen (secondary N) is 2. The van der Waals surface area contributed by atoms with Crippen molar-refractivity contribution in [3.05, 3.63) is 11.5 Å². The molecular formula is C6H8N2OS. The second-order valence-electron chi connectivity index (χ2n) is 2.38. The van der Waals surface area contributed by atoms with Crippen molar-refractivity contribution in [2.75, 3.05) is 6.54 Å². The van der Waals surface area contributed by atoms with Crippen molar-refractivity contribution in [3.63, 3.8) is 0 Å². The lowest BCUT2D eigenvalue weighted by atomic mass is 10.2. The van der Waals surface area contributed by atoms with Gasteiger partial charge in [-0.2, -0.15) is 0 Å². The first-order chi connectivity index (χ1) is 4.86. The van der Waals surface area contributed by atoms with E-state index in [9.17, 15) is 4.79 Å². The molecule has 0 aromatic heterocycles. The van der Waals surface area contributed by atoms with Gasteiger partial charge in [-0.3, -0.25) is 0 Å². The Hall–Kier alpha value is -0.640. The highest BCUT2D eigenvalue weighted by molar-refractivity contribution is 8.03. The number of hydrogen-bond donors (Lipinski definition) is 2. The molecule has 2 N–H and O–H groups in total. The molecule has 2 heterocycles. The van der Waals surface area contributed by atoms with Gasteiger partial charge in [-0.15, -0.1) is 11.8 Å². The number of hydrogen-bond acceptors (Lipinski definition) is 2. The van der Waals surface area contributed by atoms with E-state index < -0.39 is 0 Å². The van der Waals surface area contributed by atoms with E-state index in [4.69, 9.17) is 0 Å². The predicted molar refractivity (Wildman–Crippen MR) is 40.8 cm³/mol. The fourth-order valence-electron chi connectivity index (χ4n) is 1.15. The van der Waals surface area contributed by atoms with Crippen LogP contribution < -0.4 is 10.6 Å². The van der Waals surface area contributed by atoms with E-state index in [-0.39, 0.29) is 12.1 Å². The third-order valence-electron chi connectivity index (χ3n) is 1.70. The molecule has 54 valence electrons. The zero-order valence-corrected chi connectivity index (χ0v) is 6.15. The van der Waals surface area contributed by atoms with E-state index in [1.165, 1.54) is 0 Å². The van der Waals surface area contributed by atoms with Crippen LogP contribution in [0.25, 0.3) is 0 Å². The topological polar surface area (TPSA) is 41.1 Å². The zero-order valence-electron chi connectivity index (χ0n) is 5.33. The number of urea groups is 1. The summed E-state index contributed by atoms with van der Waals surface area (Å²) in [6.45, 7) is 0.786. The first-order valence-corrected chi connectivity index (χ1v) is 4.17. The Bertz CT molecular complexity index is 192. The quantitative estimate of drug-likeness (QED) is 0.529. The number of thioether (sulfide) groups is 1. The summed E-state index contributed by atoms with van der Waals surface area (Å²) in [5, 5.41) is 8.12. The fourth-order valence-corrected chi connectivity index (χ4v) is 2.12. The molecule has 2 rings (SSSR count). The Morgan fingerprint density at radius 3 is 3.50 bits per heavy atom. The number of fused-ring (bicyclic) bond motifs is 1. The average Bonchev–Trinajstić information content (AvgIpc) is 2.33. The summed E-state index contributed by atoms with van der Waals surface area (Å²) in [7, 11) is 0. The SMILES string of the molecule is O=C1NCC2SC=CC2N1. The maximum Gasteiger partial charge on any atom is 0.315 e. The van der Waals surface area contributed by atoms with Crippen LogP contribution in [0, 0.1) is 0 Å². The molecule has 2 aliphatic heterocycles. The van der Waals surface area contributed by atoms with Crippen LogP contribution >= 0.6 is 11.8 Å². The van der Waals surface area contributed by atoms with E-state index >= 15 is 0 Å². The molecule has 2 unspecified atom stereocenters. The van der Waals surface area contributed by atoms with Crippen LogP contribution in [0.3, 0.4) is 0 Å². The largest absolute Gasteiger partial charge is 0.337 e. The smallest absolute Gasteiger partial charge is 0.315 e. The lowest BCUT2D eigenvalue weighted by Gasteiger charge is -2.25. The molecule has 10 heavy (non-hydrogen) atoms. The summed E-state index contributed by atoms with van der Waals surface area (Å²) in [5.41, 5.74) is 0. The van der Waals surface area contributed by atoms with Crippen molar-refractivity contribution in [3.8, 4) is 0 Å². The molecule has 2 aliphatic rings. The minimum Gasteiger partial charge on any atom is -0.337 e. The van der Waals surface area contributed by atoms with Gasteiger partial charge in [-0.25, -0.2) is 4.79 Å². The Kier molecular flexibility index (Phi) is 1.34. The van der Waals surface area contributed by atoms with Crippen molar-refractivity contribution in [2.24, 2.45) is 0 Å². The van der Waals surface area contributed by atoms with Gasteiger partial charge in [-0.05, 0) is 5.41 Å². The van der Waals surface area contributed by atoms with Crippen molar-refractivity contribution >= 4 is 17.8 Å². The summed E-state index contributed by atoms with van der Waals surface area (Å²) in [6, 6.07) is 0.215. The summed E-state index contributed by atoms with van der Waals surface area (Å²) in [5.74, 6) is 0. The Morgan fingerprint density at radius 1 is 1.70 bits per heavy atom. The molecule has 1 fully saturated rings. The average molecular weight is 156 g/mol. The molecule has 2 atom stereocenters. The molecule has 3 nitrogen and oxygen atoms in total. The van der Waals surface area contributed by atoms with Crippen LogP contribution in [-0.2, 0) is 0 Å². The Labute approximate surface area is 63.2 Å². The standard InChI is InChI=1S/C6H8N2OS/c9-6-7-3-5-4(8-6)1-2-10-5/h1-2,4-5H,3H2,(H2,7,8,9). The lowest BCUT2D eigenvalue weighted by Crippen LogP contribution is -2.54. The maximum absolute atomic E-state index is 10.7. The van der Waals surface area contributed by atoms with Crippen molar-refractivity contribution in [1.82, 2.24) is 10.6 Å². The molecule has 0 radical (unpaired) electrons. The van der Waals surface area contributed by atoms with Gasteiger partial charge in [0.2, 0.25) is 0 Å². The van der Waals surface area contributed by atoms with E-state index in [1.54, 1.807) is 11.8 Å². The van der Waals surface area contributed by atoms with Gasteiger partial charge in [0.25, 0.3) is 0 Å². The van der Waals surface area contributed by atoms with Gasteiger partial charge in [0.05, 0.1) is 11.3 Å². The fraction of sp³-hybridized carbons (Fsp3) is 0.500. The summed E-state index contributed by atoms with van der Waals surface area (Å²) in [6.07, 6.45) is 2.04. The molecule has 0 aliphatic carbocycles. The zero-order chi connectivity index (χ0) is 6.97. The van der Waals surface area contributed by atoms with E-state index in [0.29, 0.717) is 5.25 Å². The molecule has 1 saturated heterocycles.